The van der Waals surface area contributed by atoms with Gasteiger partial charge in [-0.1, -0.05) is 39.8 Å². The van der Waals surface area contributed by atoms with E-state index < -0.39 is 5.91 Å². The van der Waals surface area contributed by atoms with Gasteiger partial charge in [-0.05, 0) is 36.3 Å². The van der Waals surface area contributed by atoms with Crippen LogP contribution in [0.25, 0.3) is 0 Å². The van der Waals surface area contributed by atoms with E-state index in [9.17, 15) is 4.79 Å². The van der Waals surface area contributed by atoms with Gasteiger partial charge in [0.2, 0.25) is 0 Å². The predicted molar refractivity (Wildman–Crippen MR) is 78.3 cm³/mol. The van der Waals surface area contributed by atoms with Gasteiger partial charge in [-0.3, -0.25) is 4.79 Å². The molecule has 3 heteroatoms. The van der Waals surface area contributed by atoms with Crippen molar-refractivity contribution in [3.05, 3.63) is 29.8 Å². The summed E-state index contributed by atoms with van der Waals surface area (Å²) in [6, 6.07) is 7.11. The summed E-state index contributed by atoms with van der Waals surface area (Å²) in [5, 5.41) is 0. The van der Waals surface area contributed by atoms with Crippen LogP contribution in [0.15, 0.2) is 24.3 Å². The molecule has 0 aromatic heterocycles. The number of carbonyl (C=O) groups is 1. The second-order valence-corrected chi connectivity index (χ2v) is 6.37. The van der Waals surface area contributed by atoms with E-state index >= 15 is 0 Å². The summed E-state index contributed by atoms with van der Waals surface area (Å²) in [6.07, 6.45) is 2.14. The lowest BCUT2D eigenvalue weighted by atomic mass is 9.84. The molecule has 0 aliphatic rings. The molecule has 1 aromatic rings. The highest BCUT2D eigenvalue weighted by atomic mass is 16.5. The molecule has 3 nitrogen and oxygen atoms in total. The Morgan fingerprint density at radius 1 is 1.32 bits per heavy atom. The zero-order valence-corrected chi connectivity index (χ0v) is 12.4. The maximum Gasteiger partial charge on any atom is 0.252 e. The van der Waals surface area contributed by atoms with Gasteiger partial charge in [0.25, 0.3) is 5.91 Å². The van der Waals surface area contributed by atoms with E-state index in [1.807, 2.05) is 6.07 Å². The van der Waals surface area contributed by atoms with Crippen molar-refractivity contribution in [3.8, 4) is 5.75 Å². The first kappa shape index (κ1) is 15.5. The normalized spacial score (nSPS) is 13.1. The summed E-state index contributed by atoms with van der Waals surface area (Å²) in [5.41, 5.74) is 6.10. The van der Waals surface area contributed by atoms with Gasteiger partial charge in [-0.2, -0.15) is 0 Å². The molecule has 19 heavy (non-hydrogen) atoms. The van der Waals surface area contributed by atoms with E-state index in [1.165, 1.54) is 0 Å². The molecule has 0 bridgehead atoms. The summed E-state index contributed by atoms with van der Waals surface area (Å²) in [5.74, 6) is 0.733. The first-order valence-electron chi connectivity index (χ1n) is 6.81. The molecule has 0 saturated heterocycles. The molecule has 0 saturated carbocycles. The zero-order valence-electron chi connectivity index (χ0n) is 12.4. The third kappa shape index (κ3) is 5.77. The van der Waals surface area contributed by atoms with E-state index in [0.717, 1.165) is 12.8 Å². The number of primary amides is 1. The molecule has 1 unspecified atom stereocenters. The van der Waals surface area contributed by atoms with Crippen LogP contribution in [0.1, 0.15) is 50.9 Å². The summed E-state index contributed by atoms with van der Waals surface area (Å²) in [4.78, 5) is 11.2. The van der Waals surface area contributed by atoms with Crippen molar-refractivity contribution in [1.82, 2.24) is 0 Å². The van der Waals surface area contributed by atoms with E-state index in [0.29, 0.717) is 29.3 Å². The number of amides is 1. The molecule has 0 spiro atoms. The van der Waals surface area contributed by atoms with Crippen molar-refractivity contribution in [2.75, 3.05) is 6.61 Å². The van der Waals surface area contributed by atoms with Gasteiger partial charge in [0.1, 0.15) is 5.75 Å². The maximum absolute atomic E-state index is 11.2. The largest absolute Gasteiger partial charge is 0.493 e. The lowest BCUT2D eigenvalue weighted by Gasteiger charge is -2.23. The molecular formula is C16H25NO2. The fraction of sp³-hybridized carbons (Fsp3) is 0.562. The van der Waals surface area contributed by atoms with Crippen LogP contribution in [0.2, 0.25) is 0 Å². The number of hydrogen-bond acceptors (Lipinski definition) is 2. The number of hydrogen-bond donors (Lipinski definition) is 1. The lowest BCUT2D eigenvalue weighted by Crippen LogP contribution is -2.15. The Morgan fingerprint density at radius 2 is 1.95 bits per heavy atom. The molecule has 0 aliphatic carbocycles. The van der Waals surface area contributed by atoms with E-state index in [4.69, 9.17) is 10.5 Å². The molecule has 1 rings (SSSR count). The smallest absolute Gasteiger partial charge is 0.252 e. The van der Waals surface area contributed by atoms with Gasteiger partial charge in [-0.25, -0.2) is 0 Å². The van der Waals surface area contributed by atoms with E-state index in [-0.39, 0.29) is 0 Å². The molecule has 1 aromatic carbocycles. The molecule has 2 N–H and O–H groups in total. The second kappa shape index (κ2) is 6.60. The van der Waals surface area contributed by atoms with Crippen molar-refractivity contribution in [2.24, 2.45) is 17.1 Å². The number of para-hydroxylation sites is 1. The quantitative estimate of drug-likeness (QED) is 0.852. The summed E-state index contributed by atoms with van der Waals surface area (Å²) in [7, 11) is 0. The Morgan fingerprint density at radius 3 is 2.53 bits per heavy atom. The van der Waals surface area contributed by atoms with Gasteiger partial charge in [0.05, 0.1) is 12.2 Å². The van der Waals surface area contributed by atoms with E-state index in [2.05, 4.69) is 27.7 Å². The SMILES string of the molecule is CC(CCOc1ccccc1C(N)=O)CC(C)(C)C. The monoisotopic (exact) mass is 263 g/mol. The molecule has 0 aliphatic heterocycles. The Labute approximate surface area is 116 Å². The molecular weight excluding hydrogens is 238 g/mol. The van der Waals surface area contributed by atoms with Crippen LogP contribution in [-0.2, 0) is 0 Å². The highest BCUT2D eigenvalue weighted by molar-refractivity contribution is 5.95. The Hall–Kier alpha value is -1.51. The summed E-state index contributed by atoms with van der Waals surface area (Å²) in [6.45, 7) is 9.57. The highest BCUT2D eigenvalue weighted by Gasteiger charge is 2.15. The van der Waals surface area contributed by atoms with Crippen LogP contribution >= 0.6 is 0 Å². The van der Waals surface area contributed by atoms with Crippen LogP contribution in [-0.4, -0.2) is 12.5 Å². The predicted octanol–water partition coefficient (Wildman–Crippen LogP) is 3.63. The molecule has 0 radical (unpaired) electrons. The number of nitrogens with two attached hydrogens (primary N) is 1. The lowest BCUT2D eigenvalue weighted by molar-refractivity contribution is 0.0996. The van der Waals surface area contributed by atoms with Crippen molar-refractivity contribution >= 4 is 5.91 Å². The van der Waals surface area contributed by atoms with Gasteiger partial charge in [0, 0.05) is 0 Å². The van der Waals surface area contributed by atoms with Crippen LogP contribution in [0, 0.1) is 11.3 Å². The number of rotatable bonds is 6. The van der Waals surface area contributed by atoms with Gasteiger partial charge in [0.15, 0.2) is 0 Å². The molecule has 1 amide bonds. The third-order valence-electron chi connectivity index (χ3n) is 2.98. The average molecular weight is 263 g/mol. The van der Waals surface area contributed by atoms with Gasteiger partial charge < -0.3 is 10.5 Å². The van der Waals surface area contributed by atoms with Gasteiger partial charge >= 0.3 is 0 Å². The number of ether oxygens (including phenoxy) is 1. The van der Waals surface area contributed by atoms with Crippen molar-refractivity contribution in [2.45, 2.75) is 40.5 Å². The van der Waals surface area contributed by atoms with Crippen LogP contribution < -0.4 is 10.5 Å². The number of benzene rings is 1. The second-order valence-electron chi connectivity index (χ2n) is 6.37. The highest BCUT2D eigenvalue weighted by Crippen LogP contribution is 2.26. The van der Waals surface area contributed by atoms with Crippen molar-refractivity contribution in [1.29, 1.82) is 0 Å². The summed E-state index contributed by atoms with van der Waals surface area (Å²) >= 11 is 0. The minimum atomic E-state index is -0.446. The van der Waals surface area contributed by atoms with Crippen LogP contribution in [0.5, 0.6) is 5.75 Å². The van der Waals surface area contributed by atoms with Crippen LogP contribution in [0.4, 0.5) is 0 Å². The topological polar surface area (TPSA) is 52.3 Å². The van der Waals surface area contributed by atoms with E-state index in [1.54, 1.807) is 18.2 Å². The van der Waals surface area contributed by atoms with Gasteiger partial charge in [-0.15, -0.1) is 0 Å². The first-order valence-corrected chi connectivity index (χ1v) is 6.81. The summed E-state index contributed by atoms with van der Waals surface area (Å²) < 4.78 is 5.68. The van der Waals surface area contributed by atoms with Crippen LogP contribution in [0.3, 0.4) is 0 Å². The number of carbonyl (C=O) groups excluding carboxylic acids is 1. The standard InChI is InChI=1S/C16H25NO2/c1-12(11-16(2,3)4)9-10-19-14-8-6-5-7-13(14)15(17)18/h5-8,12H,9-11H2,1-4H3,(H2,17,18). The zero-order chi connectivity index (χ0) is 14.5. The molecule has 106 valence electrons. The Balaban J connectivity index is 2.48. The molecule has 0 fully saturated rings. The first-order chi connectivity index (χ1) is 8.79. The average Bonchev–Trinajstić information content (AvgIpc) is 2.27. The Bertz CT molecular complexity index is 421. The fourth-order valence-corrected chi connectivity index (χ4v) is 2.31. The maximum atomic E-state index is 11.2. The molecule has 0 heterocycles. The Kier molecular flexibility index (Phi) is 5.40. The third-order valence-corrected chi connectivity index (χ3v) is 2.98. The minimum Gasteiger partial charge on any atom is -0.493 e. The van der Waals surface area contributed by atoms with Crippen molar-refractivity contribution < 1.29 is 9.53 Å². The minimum absolute atomic E-state index is 0.338. The fourth-order valence-electron chi connectivity index (χ4n) is 2.31. The van der Waals surface area contributed by atoms with Crippen molar-refractivity contribution in [3.63, 3.8) is 0 Å². The molecule has 1 atom stereocenters.